The Balaban J connectivity index is 2.93. The Labute approximate surface area is 115 Å². The van der Waals surface area contributed by atoms with Crippen LogP contribution in [0.25, 0.3) is 0 Å². The summed E-state index contributed by atoms with van der Waals surface area (Å²) in [5.74, 6) is 0. The first-order valence-corrected chi connectivity index (χ1v) is 7.51. The highest BCUT2D eigenvalue weighted by atomic mass is 32.2. The third-order valence-corrected chi connectivity index (χ3v) is 4.66. The fourth-order valence-electron chi connectivity index (χ4n) is 1.60. The van der Waals surface area contributed by atoms with Crippen molar-refractivity contribution in [1.29, 1.82) is 0 Å². The van der Waals surface area contributed by atoms with Gasteiger partial charge in [-0.1, -0.05) is 17.7 Å². The number of ether oxygens (including phenoxy) is 2. The van der Waals surface area contributed by atoms with Crippen LogP contribution in [0, 0.1) is 6.92 Å². The second kappa shape index (κ2) is 7.59. The Morgan fingerprint density at radius 3 is 1.89 bits per heavy atom. The molecule has 0 saturated carbocycles. The number of rotatable bonds is 8. The van der Waals surface area contributed by atoms with Crippen molar-refractivity contribution in [3.63, 3.8) is 0 Å². The van der Waals surface area contributed by atoms with Crippen LogP contribution in [0.4, 0.5) is 0 Å². The number of sulfonamides is 1. The highest BCUT2D eigenvalue weighted by Crippen LogP contribution is 2.16. The first-order valence-electron chi connectivity index (χ1n) is 6.07. The Bertz CT molecular complexity index is 462. The molecule has 1 rings (SSSR count). The van der Waals surface area contributed by atoms with Crippen molar-refractivity contribution in [3.05, 3.63) is 29.8 Å². The molecule has 0 unspecified atom stereocenters. The van der Waals surface area contributed by atoms with Crippen molar-refractivity contribution in [2.24, 2.45) is 0 Å². The van der Waals surface area contributed by atoms with E-state index in [1.54, 1.807) is 38.5 Å². The van der Waals surface area contributed by atoms with Gasteiger partial charge in [-0.05, 0) is 19.1 Å². The molecule has 0 amide bonds. The van der Waals surface area contributed by atoms with E-state index in [4.69, 9.17) is 9.47 Å². The largest absolute Gasteiger partial charge is 0.383 e. The summed E-state index contributed by atoms with van der Waals surface area (Å²) in [5.41, 5.74) is 1.03. The van der Waals surface area contributed by atoms with E-state index in [-0.39, 0.29) is 0 Å². The van der Waals surface area contributed by atoms with Gasteiger partial charge in [0.05, 0.1) is 18.1 Å². The minimum absolute atomic E-state index is 0.297. The van der Waals surface area contributed by atoms with Crippen LogP contribution in [0.1, 0.15) is 5.56 Å². The van der Waals surface area contributed by atoms with Crippen molar-refractivity contribution < 1.29 is 17.9 Å². The smallest absolute Gasteiger partial charge is 0.243 e. The SMILES string of the molecule is COCCN(CCOC)S(=O)(=O)c1ccc(C)cc1. The van der Waals surface area contributed by atoms with E-state index in [1.165, 1.54) is 4.31 Å². The summed E-state index contributed by atoms with van der Waals surface area (Å²) in [4.78, 5) is 0.297. The van der Waals surface area contributed by atoms with Crippen LogP contribution in [0.2, 0.25) is 0 Å². The van der Waals surface area contributed by atoms with Crippen LogP contribution in [-0.2, 0) is 19.5 Å². The lowest BCUT2D eigenvalue weighted by Gasteiger charge is -2.21. The summed E-state index contributed by atoms with van der Waals surface area (Å²) in [6.45, 7) is 3.26. The van der Waals surface area contributed by atoms with Gasteiger partial charge in [0.2, 0.25) is 10.0 Å². The van der Waals surface area contributed by atoms with Crippen molar-refractivity contribution in [2.75, 3.05) is 40.5 Å². The molecule has 5 nitrogen and oxygen atoms in total. The molecule has 108 valence electrons. The first kappa shape index (κ1) is 16.1. The zero-order valence-electron chi connectivity index (χ0n) is 11.6. The van der Waals surface area contributed by atoms with Gasteiger partial charge in [-0.3, -0.25) is 0 Å². The maximum absolute atomic E-state index is 12.5. The summed E-state index contributed by atoms with van der Waals surface area (Å²) in [6, 6.07) is 6.82. The minimum atomic E-state index is -3.49. The molecule has 0 heterocycles. The molecule has 0 aliphatic heterocycles. The van der Waals surface area contributed by atoms with Gasteiger partial charge in [0.1, 0.15) is 0 Å². The number of aryl methyl sites for hydroxylation is 1. The quantitative estimate of drug-likeness (QED) is 0.723. The number of nitrogens with zero attached hydrogens (tertiary/aromatic N) is 1. The van der Waals surface area contributed by atoms with E-state index in [0.29, 0.717) is 31.2 Å². The average Bonchev–Trinajstić information content (AvgIpc) is 2.39. The molecule has 0 aliphatic carbocycles. The van der Waals surface area contributed by atoms with Gasteiger partial charge in [-0.25, -0.2) is 8.42 Å². The Morgan fingerprint density at radius 1 is 1.00 bits per heavy atom. The zero-order valence-corrected chi connectivity index (χ0v) is 12.4. The second-order valence-electron chi connectivity index (χ2n) is 4.20. The van der Waals surface area contributed by atoms with Crippen molar-refractivity contribution in [3.8, 4) is 0 Å². The van der Waals surface area contributed by atoms with Crippen molar-refractivity contribution >= 4 is 10.0 Å². The van der Waals surface area contributed by atoms with Gasteiger partial charge in [-0.2, -0.15) is 4.31 Å². The van der Waals surface area contributed by atoms with Gasteiger partial charge < -0.3 is 9.47 Å². The lowest BCUT2D eigenvalue weighted by molar-refractivity contribution is 0.150. The van der Waals surface area contributed by atoms with E-state index in [1.807, 2.05) is 6.92 Å². The van der Waals surface area contributed by atoms with E-state index in [0.717, 1.165) is 5.56 Å². The number of methoxy groups -OCH3 is 2. The molecule has 1 aromatic carbocycles. The van der Waals surface area contributed by atoms with Gasteiger partial charge in [0, 0.05) is 27.3 Å². The molecule has 0 saturated heterocycles. The molecule has 1 aromatic rings. The van der Waals surface area contributed by atoms with E-state index in [2.05, 4.69) is 0 Å². The predicted molar refractivity (Wildman–Crippen MR) is 73.7 cm³/mol. The Morgan fingerprint density at radius 2 is 1.47 bits per heavy atom. The van der Waals surface area contributed by atoms with E-state index >= 15 is 0 Å². The second-order valence-corrected chi connectivity index (χ2v) is 6.14. The lowest BCUT2D eigenvalue weighted by atomic mass is 10.2. The van der Waals surface area contributed by atoms with Gasteiger partial charge in [-0.15, -0.1) is 0 Å². The molecule has 6 heteroatoms. The third-order valence-electron chi connectivity index (χ3n) is 2.75. The van der Waals surface area contributed by atoms with Crippen LogP contribution in [0.3, 0.4) is 0 Å². The predicted octanol–water partition coefficient (Wildman–Crippen LogP) is 1.28. The highest BCUT2D eigenvalue weighted by Gasteiger charge is 2.23. The molecule has 0 aliphatic rings. The molecule has 0 spiro atoms. The fourth-order valence-corrected chi connectivity index (χ4v) is 3.01. The Hall–Kier alpha value is -0.950. The van der Waals surface area contributed by atoms with Crippen LogP contribution in [-0.4, -0.2) is 53.2 Å². The maximum Gasteiger partial charge on any atom is 0.243 e. The average molecular weight is 287 g/mol. The molecule has 0 fully saturated rings. The highest BCUT2D eigenvalue weighted by molar-refractivity contribution is 7.89. The maximum atomic E-state index is 12.5. The normalized spacial score (nSPS) is 12.0. The molecule has 19 heavy (non-hydrogen) atoms. The van der Waals surface area contributed by atoms with E-state index in [9.17, 15) is 8.42 Å². The van der Waals surface area contributed by atoms with Crippen molar-refractivity contribution in [1.82, 2.24) is 4.31 Å². The van der Waals surface area contributed by atoms with Gasteiger partial charge in [0.25, 0.3) is 0 Å². The summed E-state index contributed by atoms with van der Waals surface area (Å²) in [5, 5.41) is 0. The van der Waals surface area contributed by atoms with Crippen molar-refractivity contribution in [2.45, 2.75) is 11.8 Å². The van der Waals surface area contributed by atoms with Crippen LogP contribution in [0.15, 0.2) is 29.2 Å². The molecule has 0 aromatic heterocycles. The third kappa shape index (κ3) is 4.58. The van der Waals surface area contributed by atoms with Gasteiger partial charge >= 0.3 is 0 Å². The molecular weight excluding hydrogens is 266 g/mol. The lowest BCUT2D eigenvalue weighted by Crippen LogP contribution is -2.36. The molecule has 0 radical (unpaired) electrons. The first-order chi connectivity index (χ1) is 9.02. The molecule has 0 atom stereocenters. The summed E-state index contributed by atoms with van der Waals surface area (Å²) >= 11 is 0. The molecular formula is C13H21NO4S. The molecule has 0 N–H and O–H groups in total. The van der Waals surface area contributed by atoms with Gasteiger partial charge in [0.15, 0.2) is 0 Å². The fraction of sp³-hybridized carbons (Fsp3) is 0.538. The number of hydrogen-bond donors (Lipinski definition) is 0. The summed E-state index contributed by atoms with van der Waals surface area (Å²) in [7, 11) is -0.392. The number of benzene rings is 1. The minimum Gasteiger partial charge on any atom is -0.383 e. The topological polar surface area (TPSA) is 55.8 Å². The van der Waals surface area contributed by atoms with Crippen LogP contribution >= 0.6 is 0 Å². The molecule has 0 bridgehead atoms. The van der Waals surface area contributed by atoms with E-state index < -0.39 is 10.0 Å². The zero-order chi connectivity index (χ0) is 14.3. The number of hydrogen-bond acceptors (Lipinski definition) is 4. The Kier molecular flexibility index (Phi) is 6.44. The summed E-state index contributed by atoms with van der Waals surface area (Å²) in [6.07, 6.45) is 0. The standard InChI is InChI=1S/C13H21NO4S/c1-12-4-6-13(7-5-12)19(15,16)14(8-10-17-2)9-11-18-3/h4-7H,8-11H2,1-3H3. The summed E-state index contributed by atoms with van der Waals surface area (Å²) < 4.78 is 36.2. The monoisotopic (exact) mass is 287 g/mol. The van der Waals surface area contributed by atoms with Crippen LogP contribution < -0.4 is 0 Å². The van der Waals surface area contributed by atoms with Crippen LogP contribution in [0.5, 0.6) is 0 Å².